The van der Waals surface area contributed by atoms with E-state index in [9.17, 15) is 9.59 Å². The van der Waals surface area contributed by atoms with Gasteiger partial charge in [0.1, 0.15) is 0 Å². The highest BCUT2D eigenvalue weighted by Crippen LogP contribution is 2.05. The molecule has 86 valence electrons. The van der Waals surface area contributed by atoms with Crippen molar-refractivity contribution in [2.75, 3.05) is 26.2 Å². The van der Waals surface area contributed by atoms with E-state index in [1.165, 1.54) is 6.42 Å². The monoisotopic (exact) mass is 214 g/mol. The third kappa shape index (κ3) is 4.26. The Morgan fingerprint density at radius 1 is 1.13 bits per heavy atom. The summed E-state index contributed by atoms with van der Waals surface area (Å²) in [4.78, 5) is 22.5. The molecule has 1 aliphatic rings. The second kappa shape index (κ2) is 6.36. The van der Waals surface area contributed by atoms with E-state index in [1.807, 2.05) is 0 Å². The number of carbonyl (C=O) groups is 2. The predicted octanol–water partition coefficient (Wildman–Crippen LogP) is -1.42. The van der Waals surface area contributed by atoms with E-state index in [4.69, 9.17) is 5.73 Å². The van der Waals surface area contributed by atoms with Crippen molar-refractivity contribution in [1.29, 1.82) is 0 Å². The molecule has 6 heteroatoms. The van der Waals surface area contributed by atoms with Gasteiger partial charge in [-0.3, -0.25) is 15.0 Å². The average Bonchev–Trinajstić information content (AvgIpc) is 2.27. The first-order valence-corrected chi connectivity index (χ1v) is 5.28. The van der Waals surface area contributed by atoms with Crippen molar-refractivity contribution in [3.63, 3.8) is 0 Å². The number of piperidine rings is 1. The molecule has 1 saturated heterocycles. The molecule has 4 N–H and O–H groups in total. The molecule has 6 nitrogen and oxygen atoms in total. The minimum atomic E-state index is -0.619. The molecule has 1 heterocycles. The van der Waals surface area contributed by atoms with E-state index in [0.717, 1.165) is 25.9 Å². The van der Waals surface area contributed by atoms with Crippen LogP contribution in [0.2, 0.25) is 0 Å². The van der Waals surface area contributed by atoms with Crippen molar-refractivity contribution in [3.05, 3.63) is 0 Å². The molecule has 0 aromatic rings. The maximum Gasteiger partial charge on any atom is 0.323 e. The molecule has 0 radical (unpaired) electrons. The van der Waals surface area contributed by atoms with Crippen LogP contribution in [0.4, 0.5) is 0 Å². The Morgan fingerprint density at radius 3 is 2.40 bits per heavy atom. The Balaban J connectivity index is 2.24. The molecule has 15 heavy (non-hydrogen) atoms. The average molecular weight is 214 g/mol. The Labute approximate surface area is 89.1 Å². The third-order valence-corrected chi connectivity index (χ3v) is 2.25. The zero-order chi connectivity index (χ0) is 11.1. The van der Waals surface area contributed by atoms with E-state index in [0.29, 0.717) is 13.1 Å². The summed E-state index contributed by atoms with van der Waals surface area (Å²) in [5.41, 5.74) is 7.77. The number of amides is 2. The molecule has 0 atom stereocenters. The third-order valence-electron chi connectivity index (χ3n) is 2.25. The van der Waals surface area contributed by atoms with E-state index in [2.05, 4.69) is 10.7 Å². The lowest BCUT2D eigenvalue weighted by Crippen LogP contribution is -2.50. The zero-order valence-electron chi connectivity index (χ0n) is 8.79. The highest BCUT2D eigenvalue weighted by atomic mass is 16.2. The van der Waals surface area contributed by atoms with Crippen LogP contribution in [0.5, 0.6) is 0 Å². The minimum Gasteiger partial charge on any atom is -0.347 e. The molecule has 0 unspecified atom stereocenters. The lowest BCUT2D eigenvalue weighted by Gasteiger charge is -2.26. The second-order valence-electron chi connectivity index (χ2n) is 3.53. The van der Waals surface area contributed by atoms with Crippen LogP contribution in [-0.4, -0.2) is 43.0 Å². The van der Waals surface area contributed by atoms with Crippen molar-refractivity contribution < 1.29 is 9.59 Å². The topological polar surface area (TPSA) is 87.5 Å². The quantitative estimate of drug-likeness (QED) is 0.503. The van der Waals surface area contributed by atoms with Gasteiger partial charge in [-0.25, -0.2) is 5.01 Å². The maximum absolute atomic E-state index is 11.3. The lowest BCUT2D eigenvalue weighted by atomic mass is 10.2. The van der Waals surface area contributed by atoms with Gasteiger partial charge in [0.2, 0.25) is 0 Å². The standard InChI is InChI=1S/C9H18N4O2/c10-4-5-11-8(14)9(15)12-13-6-2-1-3-7-13/h1-7,10H2,(H,11,14)(H,12,15). The van der Waals surface area contributed by atoms with Gasteiger partial charge < -0.3 is 11.1 Å². The maximum atomic E-state index is 11.3. The summed E-state index contributed by atoms with van der Waals surface area (Å²) in [6.07, 6.45) is 3.31. The number of rotatable bonds is 3. The second-order valence-corrected chi connectivity index (χ2v) is 3.53. The van der Waals surface area contributed by atoms with Crippen LogP contribution in [0.1, 0.15) is 19.3 Å². The van der Waals surface area contributed by atoms with Crippen LogP contribution in [0.3, 0.4) is 0 Å². The summed E-state index contributed by atoms with van der Waals surface area (Å²) < 4.78 is 0. The molecule has 0 aliphatic carbocycles. The number of hydrogen-bond acceptors (Lipinski definition) is 4. The Hall–Kier alpha value is -1.14. The Morgan fingerprint density at radius 2 is 1.80 bits per heavy atom. The summed E-state index contributed by atoms with van der Waals surface area (Å²) >= 11 is 0. The van der Waals surface area contributed by atoms with E-state index >= 15 is 0 Å². The molecule has 0 aromatic heterocycles. The molecular formula is C9H18N4O2. The zero-order valence-corrected chi connectivity index (χ0v) is 8.79. The fourth-order valence-corrected chi connectivity index (χ4v) is 1.47. The van der Waals surface area contributed by atoms with Crippen LogP contribution in [0, 0.1) is 0 Å². The molecule has 1 fully saturated rings. The fourth-order valence-electron chi connectivity index (χ4n) is 1.47. The number of nitrogens with zero attached hydrogens (tertiary/aromatic N) is 1. The lowest BCUT2D eigenvalue weighted by molar-refractivity contribution is -0.142. The van der Waals surface area contributed by atoms with Crippen LogP contribution in [0.25, 0.3) is 0 Å². The van der Waals surface area contributed by atoms with Crippen molar-refractivity contribution in [3.8, 4) is 0 Å². The van der Waals surface area contributed by atoms with Crippen molar-refractivity contribution in [2.45, 2.75) is 19.3 Å². The molecule has 0 saturated carbocycles. The van der Waals surface area contributed by atoms with Gasteiger partial charge in [0.25, 0.3) is 0 Å². The van der Waals surface area contributed by atoms with E-state index in [1.54, 1.807) is 5.01 Å². The van der Waals surface area contributed by atoms with Gasteiger partial charge in [-0.05, 0) is 12.8 Å². The first-order valence-electron chi connectivity index (χ1n) is 5.28. The fraction of sp³-hybridized carbons (Fsp3) is 0.778. The predicted molar refractivity (Wildman–Crippen MR) is 55.6 cm³/mol. The molecule has 0 spiro atoms. The van der Waals surface area contributed by atoms with Crippen molar-refractivity contribution in [1.82, 2.24) is 15.8 Å². The highest BCUT2D eigenvalue weighted by Gasteiger charge is 2.17. The SMILES string of the molecule is NCCNC(=O)C(=O)NN1CCCCC1. The Kier molecular flexibility index (Phi) is 5.06. The molecule has 2 amide bonds. The first kappa shape index (κ1) is 11.9. The van der Waals surface area contributed by atoms with Crippen LogP contribution in [0.15, 0.2) is 0 Å². The molecule has 1 aliphatic heterocycles. The highest BCUT2D eigenvalue weighted by molar-refractivity contribution is 6.34. The van der Waals surface area contributed by atoms with Gasteiger partial charge in [0, 0.05) is 26.2 Å². The number of nitrogens with one attached hydrogen (secondary N) is 2. The summed E-state index contributed by atoms with van der Waals surface area (Å²) in [6.45, 7) is 2.29. The van der Waals surface area contributed by atoms with Crippen LogP contribution >= 0.6 is 0 Å². The van der Waals surface area contributed by atoms with Gasteiger partial charge in [-0.1, -0.05) is 6.42 Å². The summed E-state index contributed by atoms with van der Waals surface area (Å²) in [5.74, 6) is -1.23. The van der Waals surface area contributed by atoms with Gasteiger partial charge in [-0.2, -0.15) is 0 Å². The van der Waals surface area contributed by atoms with E-state index in [-0.39, 0.29) is 0 Å². The summed E-state index contributed by atoms with van der Waals surface area (Å²) in [6, 6.07) is 0. The first-order chi connectivity index (χ1) is 7.24. The van der Waals surface area contributed by atoms with Gasteiger partial charge >= 0.3 is 11.8 Å². The molecule has 0 aromatic carbocycles. The normalized spacial score (nSPS) is 17.1. The molecule has 1 rings (SSSR count). The van der Waals surface area contributed by atoms with Gasteiger partial charge in [0.15, 0.2) is 0 Å². The van der Waals surface area contributed by atoms with Gasteiger partial charge in [-0.15, -0.1) is 0 Å². The van der Waals surface area contributed by atoms with Crippen molar-refractivity contribution in [2.24, 2.45) is 5.73 Å². The number of hydrogen-bond donors (Lipinski definition) is 3. The molecule has 0 bridgehead atoms. The largest absolute Gasteiger partial charge is 0.347 e. The van der Waals surface area contributed by atoms with Crippen LogP contribution in [-0.2, 0) is 9.59 Å². The smallest absolute Gasteiger partial charge is 0.323 e. The summed E-state index contributed by atoms with van der Waals surface area (Å²) in [5, 5.41) is 4.20. The van der Waals surface area contributed by atoms with E-state index < -0.39 is 11.8 Å². The number of nitrogens with two attached hydrogens (primary N) is 1. The molecular weight excluding hydrogens is 196 g/mol. The Bertz CT molecular complexity index is 226. The van der Waals surface area contributed by atoms with Crippen LogP contribution < -0.4 is 16.5 Å². The van der Waals surface area contributed by atoms with Crippen molar-refractivity contribution >= 4 is 11.8 Å². The number of carbonyl (C=O) groups excluding carboxylic acids is 2. The summed E-state index contributed by atoms with van der Waals surface area (Å²) in [7, 11) is 0. The number of hydrazine groups is 1. The minimum absolute atomic E-state index is 0.326. The van der Waals surface area contributed by atoms with Gasteiger partial charge in [0.05, 0.1) is 0 Å².